The fourth-order valence-electron chi connectivity index (χ4n) is 3.24. The van der Waals surface area contributed by atoms with Gasteiger partial charge in [-0.2, -0.15) is 0 Å². The monoisotopic (exact) mass is 380 g/mol. The molecule has 1 heterocycles. The van der Waals surface area contributed by atoms with Crippen molar-refractivity contribution in [2.45, 2.75) is 13.8 Å². The molecule has 28 heavy (non-hydrogen) atoms. The van der Waals surface area contributed by atoms with Crippen molar-refractivity contribution in [3.05, 3.63) is 59.7 Å². The van der Waals surface area contributed by atoms with Crippen molar-refractivity contribution in [3.8, 4) is 0 Å². The van der Waals surface area contributed by atoms with Gasteiger partial charge < -0.3 is 15.5 Å². The van der Waals surface area contributed by atoms with E-state index in [-0.39, 0.29) is 30.9 Å². The van der Waals surface area contributed by atoms with Gasteiger partial charge in [0.05, 0.1) is 11.1 Å². The highest BCUT2D eigenvalue weighted by molar-refractivity contribution is 6.21. The molecule has 0 unspecified atom stereocenters. The number of anilines is 2. The van der Waals surface area contributed by atoms with Crippen LogP contribution >= 0.6 is 0 Å². The van der Waals surface area contributed by atoms with Crippen molar-refractivity contribution in [3.63, 3.8) is 0 Å². The molecule has 7 heteroatoms. The normalized spacial score (nSPS) is 12.7. The highest BCUT2D eigenvalue weighted by Gasteiger charge is 2.34. The topological polar surface area (TPSA) is 81.8 Å². The molecule has 1 aliphatic heterocycles. The van der Waals surface area contributed by atoms with E-state index in [9.17, 15) is 14.4 Å². The van der Waals surface area contributed by atoms with E-state index in [4.69, 9.17) is 0 Å². The van der Waals surface area contributed by atoms with Crippen LogP contribution in [-0.2, 0) is 0 Å². The van der Waals surface area contributed by atoms with Crippen LogP contribution < -0.4 is 15.5 Å². The number of imide groups is 1. The zero-order valence-electron chi connectivity index (χ0n) is 16.1. The molecule has 0 saturated heterocycles. The van der Waals surface area contributed by atoms with Gasteiger partial charge in [0.2, 0.25) is 0 Å². The first-order chi connectivity index (χ1) is 13.5. The molecule has 146 valence electrons. The minimum absolute atomic E-state index is 0.126. The standard InChI is InChI=1S/C21H24N4O3/c1-3-24(4-2)16-11-9-15(10-12-16)23-21(28)22-13-14-25-19(26)17-7-5-6-8-18(17)20(25)27/h5-12H,3-4,13-14H2,1-2H3,(H2,22,23,28). The summed E-state index contributed by atoms with van der Waals surface area (Å²) in [6.45, 7) is 6.33. The molecule has 2 aromatic carbocycles. The van der Waals surface area contributed by atoms with Gasteiger partial charge in [-0.3, -0.25) is 14.5 Å². The van der Waals surface area contributed by atoms with E-state index in [1.54, 1.807) is 24.3 Å². The van der Waals surface area contributed by atoms with Crippen LogP contribution in [0.2, 0.25) is 0 Å². The Morgan fingerprint density at radius 1 is 0.929 bits per heavy atom. The molecule has 0 atom stereocenters. The maximum Gasteiger partial charge on any atom is 0.319 e. The second-order valence-corrected chi connectivity index (χ2v) is 6.41. The van der Waals surface area contributed by atoms with Gasteiger partial charge >= 0.3 is 6.03 Å². The Labute approximate surface area is 164 Å². The summed E-state index contributed by atoms with van der Waals surface area (Å²) in [5.74, 6) is -0.649. The van der Waals surface area contributed by atoms with Gasteiger partial charge in [-0.15, -0.1) is 0 Å². The van der Waals surface area contributed by atoms with Crippen molar-refractivity contribution in [2.24, 2.45) is 0 Å². The Balaban J connectivity index is 1.49. The van der Waals surface area contributed by atoms with Crippen LogP contribution in [0.3, 0.4) is 0 Å². The number of nitrogens with zero attached hydrogens (tertiary/aromatic N) is 2. The van der Waals surface area contributed by atoms with Crippen LogP contribution in [0, 0.1) is 0 Å². The largest absolute Gasteiger partial charge is 0.372 e. The number of nitrogens with one attached hydrogen (secondary N) is 2. The molecule has 0 radical (unpaired) electrons. The fraction of sp³-hybridized carbons (Fsp3) is 0.286. The summed E-state index contributed by atoms with van der Waals surface area (Å²) in [6, 6.07) is 14.0. The third-order valence-electron chi connectivity index (χ3n) is 4.75. The van der Waals surface area contributed by atoms with Gasteiger partial charge in [0.25, 0.3) is 11.8 Å². The molecular weight excluding hydrogens is 356 g/mol. The number of rotatable bonds is 7. The van der Waals surface area contributed by atoms with Crippen LogP contribution in [0.4, 0.5) is 16.2 Å². The van der Waals surface area contributed by atoms with E-state index in [0.29, 0.717) is 16.8 Å². The molecular formula is C21H24N4O3. The third kappa shape index (κ3) is 3.98. The van der Waals surface area contributed by atoms with E-state index in [2.05, 4.69) is 29.4 Å². The molecule has 1 aliphatic rings. The first-order valence-electron chi connectivity index (χ1n) is 9.40. The van der Waals surface area contributed by atoms with Gasteiger partial charge in [0.1, 0.15) is 0 Å². The molecule has 7 nitrogen and oxygen atoms in total. The summed E-state index contributed by atoms with van der Waals surface area (Å²) in [7, 11) is 0. The Bertz CT molecular complexity index is 840. The van der Waals surface area contributed by atoms with Crippen molar-refractivity contribution < 1.29 is 14.4 Å². The number of urea groups is 1. The third-order valence-corrected chi connectivity index (χ3v) is 4.75. The quantitative estimate of drug-likeness (QED) is 0.724. The number of benzene rings is 2. The van der Waals surface area contributed by atoms with Crippen molar-refractivity contribution in [2.75, 3.05) is 36.4 Å². The van der Waals surface area contributed by atoms with Gasteiger partial charge in [0.15, 0.2) is 0 Å². The number of fused-ring (bicyclic) bond motifs is 1. The van der Waals surface area contributed by atoms with Crippen LogP contribution in [0.25, 0.3) is 0 Å². The van der Waals surface area contributed by atoms with Crippen molar-refractivity contribution in [1.82, 2.24) is 10.2 Å². The second kappa shape index (κ2) is 8.56. The summed E-state index contributed by atoms with van der Waals surface area (Å²) in [6.07, 6.45) is 0. The summed E-state index contributed by atoms with van der Waals surface area (Å²) < 4.78 is 0. The van der Waals surface area contributed by atoms with E-state index >= 15 is 0 Å². The predicted molar refractivity (Wildman–Crippen MR) is 109 cm³/mol. The Morgan fingerprint density at radius 3 is 2.04 bits per heavy atom. The average molecular weight is 380 g/mol. The molecule has 0 aromatic heterocycles. The van der Waals surface area contributed by atoms with Gasteiger partial charge in [-0.25, -0.2) is 4.79 Å². The van der Waals surface area contributed by atoms with Crippen LogP contribution in [0.15, 0.2) is 48.5 Å². The minimum atomic E-state index is -0.382. The highest BCUT2D eigenvalue weighted by Crippen LogP contribution is 2.22. The molecule has 0 aliphatic carbocycles. The molecule has 0 bridgehead atoms. The number of hydrogen-bond donors (Lipinski definition) is 2. The van der Waals surface area contributed by atoms with Gasteiger partial charge in [-0.05, 0) is 50.2 Å². The smallest absolute Gasteiger partial charge is 0.319 e. The molecule has 2 aromatic rings. The zero-order valence-corrected chi connectivity index (χ0v) is 16.1. The van der Waals surface area contributed by atoms with Crippen LogP contribution in [0.1, 0.15) is 34.6 Å². The van der Waals surface area contributed by atoms with E-state index in [1.165, 1.54) is 0 Å². The highest BCUT2D eigenvalue weighted by atomic mass is 16.2. The van der Waals surface area contributed by atoms with Gasteiger partial charge in [0, 0.05) is 37.6 Å². The Morgan fingerprint density at radius 2 is 1.50 bits per heavy atom. The lowest BCUT2D eigenvalue weighted by atomic mass is 10.1. The van der Waals surface area contributed by atoms with Crippen LogP contribution in [0.5, 0.6) is 0 Å². The number of amides is 4. The fourth-order valence-corrected chi connectivity index (χ4v) is 3.24. The Hall–Kier alpha value is -3.35. The molecule has 3 rings (SSSR count). The van der Waals surface area contributed by atoms with Gasteiger partial charge in [-0.1, -0.05) is 12.1 Å². The maximum atomic E-state index is 12.3. The Kier molecular flexibility index (Phi) is 5.93. The minimum Gasteiger partial charge on any atom is -0.372 e. The first-order valence-corrected chi connectivity index (χ1v) is 9.40. The summed E-state index contributed by atoms with van der Waals surface area (Å²) in [5, 5.41) is 5.43. The summed E-state index contributed by atoms with van der Waals surface area (Å²) in [5.41, 5.74) is 2.59. The molecule has 0 saturated carbocycles. The van der Waals surface area contributed by atoms with Crippen molar-refractivity contribution >= 4 is 29.2 Å². The predicted octanol–water partition coefficient (Wildman–Crippen LogP) is 2.95. The second-order valence-electron chi connectivity index (χ2n) is 6.41. The molecule has 2 N–H and O–H groups in total. The maximum absolute atomic E-state index is 12.3. The summed E-state index contributed by atoms with van der Waals surface area (Å²) in [4.78, 5) is 40.0. The van der Waals surface area contributed by atoms with Crippen LogP contribution in [-0.4, -0.2) is 48.9 Å². The van der Waals surface area contributed by atoms with E-state index in [1.807, 2.05) is 24.3 Å². The number of carbonyl (C=O) groups excluding carboxylic acids is 3. The zero-order chi connectivity index (χ0) is 20.1. The number of carbonyl (C=O) groups is 3. The van der Waals surface area contributed by atoms with E-state index < -0.39 is 0 Å². The number of hydrogen-bond acceptors (Lipinski definition) is 4. The lowest BCUT2D eigenvalue weighted by molar-refractivity contribution is 0.0656. The van der Waals surface area contributed by atoms with Crippen molar-refractivity contribution in [1.29, 1.82) is 0 Å². The lowest BCUT2D eigenvalue weighted by Gasteiger charge is -2.21. The molecule has 4 amide bonds. The molecule has 0 fully saturated rings. The average Bonchev–Trinajstić information content (AvgIpc) is 2.95. The lowest BCUT2D eigenvalue weighted by Crippen LogP contribution is -2.39. The SMILES string of the molecule is CCN(CC)c1ccc(NC(=O)NCCN2C(=O)c3ccccc3C2=O)cc1. The first kappa shape index (κ1) is 19.4. The van der Waals surface area contributed by atoms with E-state index in [0.717, 1.165) is 23.7 Å². The molecule has 0 spiro atoms. The summed E-state index contributed by atoms with van der Waals surface area (Å²) >= 11 is 0.